The van der Waals surface area contributed by atoms with Gasteiger partial charge in [0.15, 0.2) is 6.79 Å². The number of anilines is 2. The molecular formula is C28H37FN6O5. The molecule has 1 unspecified atom stereocenters. The number of fused-ring (bicyclic) bond motifs is 3. The van der Waals surface area contributed by atoms with Crippen LogP contribution in [0.5, 0.6) is 11.8 Å². The van der Waals surface area contributed by atoms with Crippen LogP contribution in [0.2, 0.25) is 0 Å². The molecule has 3 fully saturated rings. The Balaban J connectivity index is 1.31. The van der Waals surface area contributed by atoms with E-state index < -0.39 is 6.09 Å². The summed E-state index contributed by atoms with van der Waals surface area (Å²) in [6.45, 7) is 3.67. The van der Waals surface area contributed by atoms with E-state index in [-0.39, 0.29) is 24.7 Å². The second-order valence-corrected chi connectivity index (χ2v) is 11.1. The van der Waals surface area contributed by atoms with Crippen LogP contribution in [0.25, 0.3) is 0 Å². The fraction of sp³-hybridized carbons (Fsp3) is 0.607. The molecule has 5 heterocycles. The number of ether oxygens (including phenoxy) is 3. The molecule has 1 amide bonds. The van der Waals surface area contributed by atoms with Gasteiger partial charge in [0, 0.05) is 38.3 Å². The second-order valence-electron chi connectivity index (χ2n) is 11.1. The zero-order valence-electron chi connectivity index (χ0n) is 23.1. The summed E-state index contributed by atoms with van der Waals surface area (Å²) in [5, 5.41) is 9.75. The lowest BCUT2D eigenvalue weighted by atomic mass is 10.0. The Labute approximate surface area is 233 Å². The molecule has 3 atom stereocenters. The minimum atomic E-state index is -0.853. The standard InChI is InChI=1S/C28H37FN6O5/c1-32-11-4-5-20(32)16-39-27-30-23-15-33(25-22(29)6-3-7-24(25)40-17-38-2)12-10-21(23)26(31-27)34-13-18-8-9-19(14-34)35(18)28(36)37/h3,6-7,18-20H,4-5,8-17H2,1-2H3,(H,36,37)/t18-,19+,20?. The van der Waals surface area contributed by atoms with E-state index >= 15 is 4.39 Å². The van der Waals surface area contributed by atoms with Crippen LogP contribution in [0.15, 0.2) is 18.2 Å². The maximum absolute atomic E-state index is 15.1. The van der Waals surface area contributed by atoms with Gasteiger partial charge in [-0.15, -0.1) is 0 Å². The average Bonchev–Trinajstić information content (AvgIpc) is 3.48. The fourth-order valence-corrected chi connectivity index (χ4v) is 6.70. The molecule has 40 heavy (non-hydrogen) atoms. The molecule has 3 saturated heterocycles. The predicted molar refractivity (Wildman–Crippen MR) is 146 cm³/mol. The number of carboxylic acid groups (broad SMARTS) is 1. The van der Waals surface area contributed by atoms with Crippen molar-refractivity contribution in [2.45, 2.75) is 56.8 Å². The number of piperazine rings is 1. The maximum Gasteiger partial charge on any atom is 0.407 e. The third-order valence-electron chi connectivity index (χ3n) is 8.70. The molecule has 0 saturated carbocycles. The third kappa shape index (κ3) is 5.10. The summed E-state index contributed by atoms with van der Waals surface area (Å²) in [5.74, 6) is 0.862. The molecule has 1 aromatic heterocycles. The highest BCUT2D eigenvalue weighted by Crippen LogP contribution is 2.39. The number of nitrogens with zero attached hydrogens (tertiary/aromatic N) is 6. The monoisotopic (exact) mass is 556 g/mol. The number of amides is 1. The number of likely N-dealkylation sites (tertiary alicyclic amines) is 1. The number of likely N-dealkylation sites (N-methyl/N-ethyl adjacent to an activating group) is 1. The molecule has 2 bridgehead atoms. The molecule has 12 heteroatoms. The van der Waals surface area contributed by atoms with Gasteiger partial charge in [-0.05, 0) is 57.8 Å². The van der Waals surface area contributed by atoms with E-state index in [1.54, 1.807) is 17.0 Å². The average molecular weight is 557 g/mol. The van der Waals surface area contributed by atoms with Gasteiger partial charge in [-0.25, -0.2) is 9.18 Å². The molecule has 11 nitrogen and oxygen atoms in total. The SMILES string of the molecule is COCOc1cccc(F)c1N1CCc2c(nc(OCC3CCCN3C)nc2N2C[C@H]3CC[C@@H](C2)N3C(=O)O)C1. The van der Waals surface area contributed by atoms with Crippen LogP contribution in [0, 0.1) is 5.82 Å². The van der Waals surface area contributed by atoms with Gasteiger partial charge in [0.25, 0.3) is 0 Å². The van der Waals surface area contributed by atoms with E-state index in [1.807, 2.05) is 4.90 Å². The third-order valence-corrected chi connectivity index (χ3v) is 8.70. The van der Waals surface area contributed by atoms with E-state index in [0.717, 1.165) is 49.3 Å². The van der Waals surface area contributed by atoms with E-state index in [2.05, 4.69) is 16.8 Å². The normalized spacial score (nSPS) is 24.4. The number of aromatic nitrogens is 2. The van der Waals surface area contributed by atoms with Crippen molar-refractivity contribution < 1.29 is 28.5 Å². The lowest BCUT2D eigenvalue weighted by molar-refractivity contribution is 0.0512. The number of hydrogen-bond donors (Lipinski definition) is 1. The van der Waals surface area contributed by atoms with Crippen molar-refractivity contribution in [3.63, 3.8) is 0 Å². The molecule has 1 aromatic carbocycles. The summed E-state index contributed by atoms with van der Waals surface area (Å²) in [4.78, 5) is 29.7. The van der Waals surface area contributed by atoms with Gasteiger partial charge >= 0.3 is 12.1 Å². The van der Waals surface area contributed by atoms with Crippen molar-refractivity contribution in [2.24, 2.45) is 0 Å². The molecular weight excluding hydrogens is 519 g/mol. The van der Waals surface area contributed by atoms with Crippen LogP contribution in [0.1, 0.15) is 36.9 Å². The van der Waals surface area contributed by atoms with E-state index in [1.165, 1.54) is 13.2 Å². The number of halogens is 1. The first-order chi connectivity index (χ1) is 19.4. The maximum atomic E-state index is 15.1. The lowest BCUT2D eigenvalue weighted by Gasteiger charge is -2.41. The number of benzene rings is 1. The Morgan fingerprint density at radius 3 is 2.60 bits per heavy atom. The van der Waals surface area contributed by atoms with Crippen LogP contribution in [0.3, 0.4) is 0 Å². The van der Waals surface area contributed by atoms with Crippen LogP contribution in [-0.4, -0.2) is 103 Å². The molecule has 0 spiro atoms. The minimum Gasteiger partial charge on any atom is -0.465 e. The minimum absolute atomic E-state index is 0.0193. The van der Waals surface area contributed by atoms with Crippen LogP contribution < -0.4 is 19.3 Å². The van der Waals surface area contributed by atoms with E-state index in [0.29, 0.717) is 62.7 Å². The zero-order valence-corrected chi connectivity index (χ0v) is 23.1. The van der Waals surface area contributed by atoms with Gasteiger partial charge in [-0.1, -0.05) is 6.07 Å². The van der Waals surface area contributed by atoms with E-state index in [4.69, 9.17) is 24.2 Å². The zero-order chi connectivity index (χ0) is 27.8. The Hall–Kier alpha value is -3.38. The molecule has 6 rings (SSSR count). The Morgan fingerprint density at radius 1 is 1.10 bits per heavy atom. The Kier molecular flexibility index (Phi) is 7.54. The quantitative estimate of drug-likeness (QED) is 0.488. The van der Waals surface area contributed by atoms with Gasteiger partial charge in [0.05, 0.1) is 24.3 Å². The highest BCUT2D eigenvalue weighted by molar-refractivity contribution is 5.68. The summed E-state index contributed by atoms with van der Waals surface area (Å²) >= 11 is 0. The van der Waals surface area contributed by atoms with E-state index in [9.17, 15) is 9.90 Å². The summed E-state index contributed by atoms with van der Waals surface area (Å²) < 4.78 is 32.1. The largest absolute Gasteiger partial charge is 0.465 e. The van der Waals surface area contributed by atoms with Crippen molar-refractivity contribution >= 4 is 17.6 Å². The molecule has 1 N–H and O–H groups in total. The molecule has 216 valence electrons. The van der Waals surface area contributed by atoms with Crippen molar-refractivity contribution in [3.8, 4) is 11.8 Å². The van der Waals surface area contributed by atoms with Crippen molar-refractivity contribution in [3.05, 3.63) is 35.3 Å². The first-order valence-corrected chi connectivity index (χ1v) is 14.1. The van der Waals surface area contributed by atoms with Crippen molar-refractivity contribution in [1.29, 1.82) is 0 Å². The lowest BCUT2D eigenvalue weighted by Crippen LogP contribution is -2.56. The van der Waals surface area contributed by atoms with Gasteiger partial charge in [0.1, 0.15) is 29.7 Å². The number of carbonyl (C=O) groups is 1. The molecule has 2 aromatic rings. The second kappa shape index (κ2) is 11.2. The first-order valence-electron chi connectivity index (χ1n) is 14.1. The highest BCUT2D eigenvalue weighted by atomic mass is 19.1. The van der Waals surface area contributed by atoms with Gasteiger partial charge in [-0.2, -0.15) is 9.97 Å². The summed E-state index contributed by atoms with van der Waals surface area (Å²) in [6.07, 6.45) is 3.67. The van der Waals surface area contributed by atoms with Crippen molar-refractivity contribution in [1.82, 2.24) is 19.8 Å². The molecule has 0 aliphatic carbocycles. The van der Waals surface area contributed by atoms with Crippen LogP contribution in [0.4, 0.5) is 20.7 Å². The topological polar surface area (TPSA) is 104 Å². The molecule has 4 aliphatic heterocycles. The van der Waals surface area contributed by atoms with Gasteiger partial charge in [-0.3, -0.25) is 4.90 Å². The van der Waals surface area contributed by atoms with Crippen LogP contribution >= 0.6 is 0 Å². The smallest absolute Gasteiger partial charge is 0.407 e. The van der Waals surface area contributed by atoms with Crippen LogP contribution in [-0.2, 0) is 17.7 Å². The number of rotatable bonds is 8. The number of hydrogen-bond acceptors (Lipinski definition) is 9. The summed E-state index contributed by atoms with van der Waals surface area (Å²) in [5.41, 5.74) is 2.19. The predicted octanol–water partition coefficient (Wildman–Crippen LogP) is 2.97. The number of methoxy groups -OCH3 is 1. The number of para-hydroxylation sites is 1. The van der Waals surface area contributed by atoms with Crippen molar-refractivity contribution in [2.75, 3.05) is 63.5 Å². The Bertz CT molecular complexity index is 1240. The molecule has 0 radical (unpaired) electrons. The first kappa shape index (κ1) is 26.8. The van der Waals surface area contributed by atoms with Gasteiger partial charge < -0.3 is 34.0 Å². The Morgan fingerprint density at radius 2 is 1.90 bits per heavy atom. The summed E-state index contributed by atoms with van der Waals surface area (Å²) in [7, 11) is 3.63. The van der Waals surface area contributed by atoms with Gasteiger partial charge in [0.2, 0.25) is 0 Å². The summed E-state index contributed by atoms with van der Waals surface area (Å²) in [6, 6.07) is 5.30. The fourth-order valence-electron chi connectivity index (χ4n) is 6.70. The highest BCUT2D eigenvalue weighted by Gasteiger charge is 2.44. The molecule has 4 aliphatic rings.